The minimum atomic E-state index is -3.78. The van der Waals surface area contributed by atoms with Crippen LogP contribution in [0.15, 0.2) is 21.9 Å². The smallest absolute Gasteiger partial charge is 0.244 e. The second-order valence-corrected chi connectivity index (χ2v) is 6.96. The Kier molecular flexibility index (Phi) is 4.65. The van der Waals surface area contributed by atoms with Gasteiger partial charge < -0.3 is 16.0 Å². The molecule has 5 N–H and O–H groups in total. The summed E-state index contributed by atoms with van der Waals surface area (Å²) in [5, 5.41) is 7.29. The predicted molar refractivity (Wildman–Crippen MR) is 89.8 cm³/mol. The normalized spacial score (nSPS) is 12.1. The highest BCUT2D eigenvalue weighted by Gasteiger charge is 2.25. The second-order valence-electron chi connectivity index (χ2n) is 5.22. The molecule has 0 aliphatic heterocycles. The molecule has 3 aromatic rings. The van der Waals surface area contributed by atoms with E-state index in [1.54, 1.807) is 4.57 Å². The van der Waals surface area contributed by atoms with Gasteiger partial charge in [0, 0.05) is 19.3 Å². The molecule has 0 fully saturated rings. The molecule has 3 heterocycles. The molecule has 11 nitrogen and oxygen atoms in total. The molecule has 0 saturated heterocycles. The maximum atomic E-state index is 12.6. The van der Waals surface area contributed by atoms with Gasteiger partial charge in [-0.1, -0.05) is 0 Å². The molecule has 0 bridgehead atoms. The van der Waals surface area contributed by atoms with Gasteiger partial charge in [0.15, 0.2) is 17.3 Å². The van der Waals surface area contributed by atoms with Crippen LogP contribution in [0.2, 0.25) is 0 Å². The molecular weight excluding hydrogens is 348 g/mol. The van der Waals surface area contributed by atoms with Crippen LogP contribution in [0.3, 0.4) is 0 Å². The van der Waals surface area contributed by atoms with Crippen LogP contribution in [0.4, 0.5) is 5.82 Å². The van der Waals surface area contributed by atoms with Crippen molar-refractivity contribution in [2.75, 3.05) is 18.8 Å². The number of sulfonamides is 1. The lowest BCUT2D eigenvalue weighted by atomic mass is 10.4. The highest BCUT2D eigenvalue weighted by molar-refractivity contribution is 7.89. The first kappa shape index (κ1) is 17.3. The monoisotopic (exact) mass is 366 g/mol. The summed E-state index contributed by atoms with van der Waals surface area (Å²) in [7, 11) is -3.78. The average molecular weight is 366 g/mol. The predicted octanol–water partition coefficient (Wildman–Crippen LogP) is -0.289. The van der Waals surface area contributed by atoms with Crippen molar-refractivity contribution < 1.29 is 13.0 Å². The number of hydrogen-bond donors (Lipinski definition) is 3. The van der Waals surface area contributed by atoms with E-state index in [2.05, 4.69) is 29.6 Å². The van der Waals surface area contributed by atoms with Crippen LogP contribution in [-0.2, 0) is 16.6 Å². The highest BCUT2D eigenvalue weighted by Crippen LogP contribution is 2.29. The molecule has 0 amide bonds. The molecule has 0 saturated carbocycles. The zero-order valence-electron chi connectivity index (χ0n) is 13.5. The van der Waals surface area contributed by atoms with Crippen molar-refractivity contribution in [2.24, 2.45) is 5.73 Å². The number of nitrogens with zero attached hydrogens (tertiary/aromatic N) is 5. The summed E-state index contributed by atoms with van der Waals surface area (Å²) >= 11 is 0. The quantitative estimate of drug-likeness (QED) is 0.476. The first-order chi connectivity index (χ1) is 12.0. The first-order valence-corrected chi connectivity index (χ1v) is 9.10. The Morgan fingerprint density at radius 2 is 2.12 bits per heavy atom. The van der Waals surface area contributed by atoms with Crippen molar-refractivity contribution in [1.82, 2.24) is 29.6 Å². The van der Waals surface area contributed by atoms with Crippen LogP contribution in [-0.4, -0.2) is 46.4 Å². The molecule has 0 aliphatic carbocycles. The van der Waals surface area contributed by atoms with E-state index >= 15 is 0 Å². The lowest BCUT2D eigenvalue weighted by Crippen LogP contribution is -2.27. The Morgan fingerprint density at radius 3 is 2.76 bits per heavy atom. The maximum absolute atomic E-state index is 12.6. The standard InChI is InChI=1S/C13H18N8O3S/c1-2-21-11-8(18-13(21)10-12(15)20-24-19-10)6-16-7-9(11)25(22,23)17-5-3-4-14/h6-7,17H,2-5,14H2,1H3,(H2,15,20). The summed E-state index contributed by atoms with van der Waals surface area (Å²) in [6, 6.07) is 0. The summed E-state index contributed by atoms with van der Waals surface area (Å²) in [5.41, 5.74) is 12.2. The van der Waals surface area contributed by atoms with Gasteiger partial charge in [-0.25, -0.2) is 22.8 Å². The van der Waals surface area contributed by atoms with Gasteiger partial charge in [0.2, 0.25) is 10.0 Å². The third kappa shape index (κ3) is 3.06. The van der Waals surface area contributed by atoms with Crippen molar-refractivity contribution in [3.63, 3.8) is 0 Å². The molecule has 3 rings (SSSR count). The van der Waals surface area contributed by atoms with Crippen LogP contribution in [0.25, 0.3) is 22.6 Å². The van der Waals surface area contributed by atoms with Crippen molar-refractivity contribution >= 4 is 26.9 Å². The molecule has 0 atom stereocenters. The number of hydrogen-bond acceptors (Lipinski definition) is 9. The van der Waals surface area contributed by atoms with Gasteiger partial charge in [-0.15, -0.1) is 0 Å². The number of anilines is 1. The first-order valence-electron chi connectivity index (χ1n) is 7.62. The lowest BCUT2D eigenvalue weighted by Gasteiger charge is -2.10. The lowest BCUT2D eigenvalue weighted by molar-refractivity contribution is 0.310. The van der Waals surface area contributed by atoms with Gasteiger partial charge in [-0.2, -0.15) is 0 Å². The molecule has 12 heteroatoms. The average Bonchev–Trinajstić information content (AvgIpc) is 3.17. The minimum Gasteiger partial charge on any atom is -0.379 e. The topological polar surface area (TPSA) is 168 Å². The van der Waals surface area contributed by atoms with Gasteiger partial charge in [-0.3, -0.25) is 4.98 Å². The van der Waals surface area contributed by atoms with E-state index in [0.717, 1.165) is 0 Å². The van der Waals surface area contributed by atoms with Gasteiger partial charge >= 0.3 is 0 Å². The van der Waals surface area contributed by atoms with E-state index in [1.165, 1.54) is 12.4 Å². The maximum Gasteiger partial charge on any atom is 0.244 e. The Hall–Kier alpha value is -2.57. The Morgan fingerprint density at radius 1 is 1.32 bits per heavy atom. The summed E-state index contributed by atoms with van der Waals surface area (Å²) < 4.78 is 34.1. The van der Waals surface area contributed by atoms with E-state index in [0.29, 0.717) is 36.4 Å². The van der Waals surface area contributed by atoms with Crippen molar-refractivity contribution in [1.29, 1.82) is 0 Å². The zero-order chi connectivity index (χ0) is 18.0. The van der Waals surface area contributed by atoms with Crippen molar-refractivity contribution in [3.8, 4) is 11.5 Å². The van der Waals surface area contributed by atoms with E-state index in [9.17, 15) is 8.42 Å². The summed E-state index contributed by atoms with van der Waals surface area (Å²) in [6.07, 6.45) is 3.30. The minimum absolute atomic E-state index is 0.0256. The number of rotatable bonds is 7. The van der Waals surface area contributed by atoms with Gasteiger partial charge in [0.1, 0.15) is 10.4 Å². The third-order valence-corrected chi connectivity index (χ3v) is 5.08. The molecule has 0 aromatic carbocycles. The fraction of sp³-hybridized carbons (Fsp3) is 0.385. The van der Waals surface area contributed by atoms with Crippen molar-refractivity contribution in [3.05, 3.63) is 12.4 Å². The largest absolute Gasteiger partial charge is 0.379 e. The molecular formula is C13H18N8O3S. The van der Waals surface area contributed by atoms with Crippen LogP contribution in [0.5, 0.6) is 0 Å². The molecule has 25 heavy (non-hydrogen) atoms. The number of nitrogens with two attached hydrogens (primary N) is 2. The third-order valence-electron chi connectivity index (χ3n) is 3.62. The van der Waals surface area contributed by atoms with E-state index in [1.807, 2.05) is 6.92 Å². The number of aryl methyl sites for hydroxylation is 1. The molecule has 134 valence electrons. The van der Waals surface area contributed by atoms with Gasteiger partial charge in [-0.05, 0) is 30.2 Å². The summed E-state index contributed by atoms with van der Waals surface area (Å²) in [6.45, 7) is 2.92. The summed E-state index contributed by atoms with van der Waals surface area (Å²) in [4.78, 5) is 8.42. The number of nitrogen functional groups attached to an aromatic ring is 1. The SMILES string of the molecule is CCn1c(-c2nonc2N)nc2cncc(S(=O)(=O)NCCCN)c21. The second kappa shape index (κ2) is 6.74. The number of aromatic nitrogens is 5. The number of fused-ring (bicyclic) bond motifs is 1. The Balaban J connectivity index is 2.19. The number of nitrogens with one attached hydrogen (secondary N) is 1. The van der Waals surface area contributed by atoms with Crippen LogP contribution >= 0.6 is 0 Å². The van der Waals surface area contributed by atoms with Crippen LogP contribution < -0.4 is 16.2 Å². The zero-order valence-corrected chi connectivity index (χ0v) is 14.3. The number of imidazole rings is 1. The highest BCUT2D eigenvalue weighted by atomic mass is 32.2. The van der Waals surface area contributed by atoms with E-state index in [4.69, 9.17) is 11.5 Å². The molecule has 0 radical (unpaired) electrons. The molecule has 3 aromatic heterocycles. The molecule has 0 unspecified atom stereocenters. The van der Waals surface area contributed by atoms with E-state index in [-0.39, 0.29) is 23.0 Å². The fourth-order valence-corrected chi connectivity index (χ4v) is 3.72. The number of pyridine rings is 1. The summed E-state index contributed by atoms with van der Waals surface area (Å²) in [5.74, 6) is 0.436. The molecule has 0 aliphatic rings. The fourth-order valence-electron chi connectivity index (χ4n) is 2.48. The van der Waals surface area contributed by atoms with Gasteiger partial charge in [0.25, 0.3) is 0 Å². The van der Waals surface area contributed by atoms with Crippen LogP contribution in [0, 0.1) is 0 Å². The Labute approximate surface area is 143 Å². The van der Waals surface area contributed by atoms with Crippen LogP contribution in [0.1, 0.15) is 13.3 Å². The van der Waals surface area contributed by atoms with E-state index < -0.39 is 10.0 Å². The Bertz CT molecular complexity index is 994. The molecule has 0 spiro atoms. The van der Waals surface area contributed by atoms with Gasteiger partial charge in [0.05, 0.1) is 11.7 Å². The van der Waals surface area contributed by atoms with Crippen molar-refractivity contribution in [2.45, 2.75) is 24.8 Å².